The van der Waals surface area contributed by atoms with Crippen LogP contribution in [0.1, 0.15) is 63.9 Å². The van der Waals surface area contributed by atoms with E-state index >= 15 is 0 Å². The second kappa shape index (κ2) is 12.1. The fraction of sp³-hybridized carbons (Fsp3) is 0.682. The molecule has 7 heteroatoms. The Balaban J connectivity index is 1.88. The summed E-state index contributed by atoms with van der Waals surface area (Å²) in [6.07, 6.45) is 4.26. The maximum absolute atomic E-state index is 12.4. The van der Waals surface area contributed by atoms with Gasteiger partial charge in [0.1, 0.15) is 5.75 Å². The second-order valence-electron chi connectivity index (χ2n) is 7.83. The molecule has 29 heavy (non-hydrogen) atoms. The largest absolute Gasteiger partial charge is 0.573 e. The predicted octanol–water partition coefficient (Wildman–Crippen LogP) is 5.07. The van der Waals surface area contributed by atoms with Crippen molar-refractivity contribution in [2.75, 3.05) is 19.6 Å². The molecule has 0 aliphatic carbocycles. The van der Waals surface area contributed by atoms with Gasteiger partial charge in [-0.15, -0.1) is 13.2 Å². The Morgan fingerprint density at radius 2 is 1.76 bits per heavy atom. The van der Waals surface area contributed by atoms with E-state index in [0.717, 1.165) is 44.5 Å². The molecule has 0 radical (unpaired) electrons. The van der Waals surface area contributed by atoms with E-state index in [2.05, 4.69) is 21.9 Å². The third-order valence-corrected chi connectivity index (χ3v) is 5.19. The number of hydrogen-bond acceptors (Lipinski definition) is 3. The highest BCUT2D eigenvalue weighted by Crippen LogP contribution is 2.23. The van der Waals surface area contributed by atoms with E-state index in [4.69, 9.17) is 0 Å². The molecule has 2 rings (SSSR count). The van der Waals surface area contributed by atoms with E-state index in [1.165, 1.54) is 37.8 Å². The normalized spacial score (nSPS) is 16.0. The number of ether oxygens (including phenoxy) is 1. The summed E-state index contributed by atoms with van der Waals surface area (Å²) in [5.74, 6) is -0.170. The molecule has 1 aliphatic rings. The van der Waals surface area contributed by atoms with Gasteiger partial charge < -0.3 is 15.0 Å². The Labute approximate surface area is 171 Å². The molecule has 0 bridgehead atoms. The number of rotatable bonds is 12. The molecule has 1 heterocycles. The molecular weight excluding hydrogens is 381 g/mol. The highest BCUT2D eigenvalue weighted by atomic mass is 19.4. The first kappa shape index (κ1) is 23.5. The van der Waals surface area contributed by atoms with E-state index in [0.29, 0.717) is 12.8 Å². The number of alkyl halides is 3. The Bertz CT molecular complexity index is 599. The van der Waals surface area contributed by atoms with E-state index < -0.39 is 6.36 Å². The molecule has 1 atom stereocenters. The summed E-state index contributed by atoms with van der Waals surface area (Å²) in [5, 5.41) is 3.14. The molecule has 0 saturated carbocycles. The Morgan fingerprint density at radius 1 is 1.10 bits per heavy atom. The zero-order valence-corrected chi connectivity index (χ0v) is 17.3. The molecular formula is C22H33F3N2O2. The van der Waals surface area contributed by atoms with Crippen LogP contribution >= 0.6 is 0 Å². The van der Waals surface area contributed by atoms with Gasteiger partial charge in [0.2, 0.25) is 5.91 Å². The average molecular weight is 415 g/mol. The van der Waals surface area contributed by atoms with Crippen LogP contribution in [-0.2, 0) is 11.2 Å². The summed E-state index contributed by atoms with van der Waals surface area (Å²) in [5.41, 5.74) is 0.881. The van der Waals surface area contributed by atoms with Crippen molar-refractivity contribution in [2.45, 2.75) is 77.1 Å². The van der Waals surface area contributed by atoms with Gasteiger partial charge in [0.15, 0.2) is 0 Å². The van der Waals surface area contributed by atoms with Gasteiger partial charge in [-0.1, -0.05) is 44.7 Å². The second-order valence-corrected chi connectivity index (χ2v) is 7.83. The number of unbranched alkanes of at least 4 members (excludes halogenated alkanes) is 4. The third kappa shape index (κ3) is 10.0. The Hall–Kier alpha value is -1.76. The van der Waals surface area contributed by atoms with Crippen molar-refractivity contribution >= 4 is 5.91 Å². The van der Waals surface area contributed by atoms with Gasteiger partial charge in [-0.25, -0.2) is 0 Å². The molecule has 1 N–H and O–H groups in total. The lowest BCUT2D eigenvalue weighted by atomic mass is 10.0. The smallest absolute Gasteiger partial charge is 0.406 e. The molecule has 164 valence electrons. The molecule has 0 spiro atoms. The molecule has 1 fully saturated rings. The van der Waals surface area contributed by atoms with Gasteiger partial charge >= 0.3 is 6.36 Å². The molecule has 0 unspecified atom stereocenters. The number of amides is 1. The van der Waals surface area contributed by atoms with Crippen LogP contribution in [0.15, 0.2) is 24.3 Å². The number of carbonyl (C=O) groups excluding carboxylic acids is 1. The predicted molar refractivity (Wildman–Crippen MR) is 108 cm³/mol. The molecule has 1 saturated heterocycles. The van der Waals surface area contributed by atoms with Crippen LogP contribution < -0.4 is 10.1 Å². The summed E-state index contributed by atoms with van der Waals surface area (Å²) < 4.78 is 40.9. The summed E-state index contributed by atoms with van der Waals surface area (Å²) in [6.45, 7) is 4.99. The highest BCUT2D eigenvalue weighted by molar-refractivity contribution is 5.76. The highest BCUT2D eigenvalue weighted by Gasteiger charge is 2.31. The number of nitrogens with one attached hydrogen (secondary N) is 1. The zero-order valence-electron chi connectivity index (χ0n) is 17.3. The van der Waals surface area contributed by atoms with Crippen LogP contribution in [0.5, 0.6) is 5.75 Å². The van der Waals surface area contributed by atoms with Crippen molar-refractivity contribution in [3.05, 3.63) is 29.8 Å². The van der Waals surface area contributed by atoms with Gasteiger partial charge in [0, 0.05) is 19.0 Å². The van der Waals surface area contributed by atoms with Gasteiger partial charge in [0.25, 0.3) is 0 Å². The number of benzene rings is 1. The van der Waals surface area contributed by atoms with Crippen molar-refractivity contribution in [3.63, 3.8) is 0 Å². The monoisotopic (exact) mass is 414 g/mol. The number of hydrogen-bond donors (Lipinski definition) is 1. The maximum Gasteiger partial charge on any atom is 0.573 e. The first-order valence-corrected chi connectivity index (χ1v) is 10.7. The molecule has 1 aliphatic heterocycles. The van der Waals surface area contributed by atoms with Crippen LogP contribution in [-0.4, -0.2) is 42.8 Å². The first-order chi connectivity index (χ1) is 13.9. The summed E-state index contributed by atoms with van der Waals surface area (Å²) in [7, 11) is 0. The maximum atomic E-state index is 12.4. The molecule has 1 aromatic carbocycles. The van der Waals surface area contributed by atoms with Gasteiger partial charge in [0.05, 0.1) is 0 Å². The van der Waals surface area contributed by atoms with Crippen LogP contribution in [0.25, 0.3) is 0 Å². The lowest BCUT2D eigenvalue weighted by Gasteiger charge is -2.25. The van der Waals surface area contributed by atoms with Crippen LogP contribution in [0.3, 0.4) is 0 Å². The van der Waals surface area contributed by atoms with Gasteiger partial charge in [-0.3, -0.25) is 4.79 Å². The SMILES string of the molecule is CCCCCCCC(=O)N[C@@H](Cc1ccc(OC(F)(F)F)cc1)CN1CCCC1. The fourth-order valence-corrected chi connectivity index (χ4v) is 3.74. The molecule has 4 nitrogen and oxygen atoms in total. The van der Waals surface area contributed by atoms with Crippen molar-refractivity contribution < 1.29 is 22.7 Å². The lowest BCUT2D eigenvalue weighted by Crippen LogP contribution is -2.44. The molecule has 1 amide bonds. The van der Waals surface area contributed by atoms with E-state index in [-0.39, 0.29) is 17.7 Å². The fourth-order valence-electron chi connectivity index (χ4n) is 3.74. The van der Waals surface area contributed by atoms with E-state index in [9.17, 15) is 18.0 Å². The zero-order chi connectivity index (χ0) is 21.1. The summed E-state index contributed by atoms with van der Waals surface area (Å²) in [6, 6.07) is 5.87. The first-order valence-electron chi connectivity index (χ1n) is 10.7. The number of carbonyl (C=O) groups is 1. The van der Waals surface area contributed by atoms with Crippen molar-refractivity contribution in [1.82, 2.24) is 10.2 Å². The Kier molecular flexibility index (Phi) is 9.78. The van der Waals surface area contributed by atoms with Crippen LogP contribution in [0, 0.1) is 0 Å². The quantitative estimate of drug-likeness (QED) is 0.486. The standard InChI is InChI=1S/C22H33F3N2O2/c1-2-3-4-5-6-9-21(28)26-19(17-27-14-7-8-15-27)16-18-10-12-20(13-11-18)29-22(23,24)25/h10-13,19H,2-9,14-17H2,1H3,(H,26,28)/t19-/m0/s1. The van der Waals surface area contributed by atoms with E-state index in [1.54, 1.807) is 12.1 Å². The summed E-state index contributed by atoms with van der Waals surface area (Å²) >= 11 is 0. The molecule has 0 aromatic heterocycles. The summed E-state index contributed by atoms with van der Waals surface area (Å²) in [4.78, 5) is 14.7. The topological polar surface area (TPSA) is 41.6 Å². The molecule has 1 aromatic rings. The number of nitrogens with zero attached hydrogens (tertiary/aromatic N) is 1. The van der Waals surface area contributed by atoms with Crippen LogP contribution in [0.2, 0.25) is 0 Å². The van der Waals surface area contributed by atoms with Gasteiger partial charge in [-0.05, 0) is 56.5 Å². The van der Waals surface area contributed by atoms with Crippen molar-refractivity contribution in [3.8, 4) is 5.75 Å². The Morgan fingerprint density at radius 3 is 2.38 bits per heavy atom. The number of likely N-dealkylation sites (tertiary alicyclic amines) is 1. The third-order valence-electron chi connectivity index (χ3n) is 5.19. The lowest BCUT2D eigenvalue weighted by molar-refractivity contribution is -0.274. The minimum absolute atomic E-state index is 0.0503. The average Bonchev–Trinajstić information content (AvgIpc) is 3.15. The minimum atomic E-state index is -4.69. The number of halogens is 3. The van der Waals surface area contributed by atoms with Crippen molar-refractivity contribution in [2.24, 2.45) is 0 Å². The van der Waals surface area contributed by atoms with Gasteiger partial charge in [-0.2, -0.15) is 0 Å². The minimum Gasteiger partial charge on any atom is -0.406 e. The van der Waals surface area contributed by atoms with Crippen LogP contribution in [0.4, 0.5) is 13.2 Å². The van der Waals surface area contributed by atoms with Crippen molar-refractivity contribution in [1.29, 1.82) is 0 Å². The van der Waals surface area contributed by atoms with E-state index in [1.807, 2.05) is 0 Å².